The first-order valence-electron chi connectivity index (χ1n) is 6.80. The standard InChI is InChI=1S/C13H26O3Si/c1-16-17(2,11-14)10-6-5-9-13(15)12-7-3-4-8-12/h12,14H,3-11H2,1-2H3. The number of unbranched alkanes of at least 4 members (excludes halogenated alkanes) is 1. The third kappa shape index (κ3) is 4.90. The van der Waals surface area contributed by atoms with Gasteiger partial charge in [-0.05, 0) is 31.9 Å². The van der Waals surface area contributed by atoms with E-state index in [-0.39, 0.29) is 6.23 Å². The first-order chi connectivity index (χ1) is 8.11. The smallest absolute Gasteiger partial charge is 0.214 e. The van der Waals surface area contributed by atoms with Crippen molar-refractivity contribution in [3.63, 3.8) is 0 Å². The number of Topliss-reactive ketones (excluding diaryl/α,β-unsaturated/α-hetero) is 1. The van der Waals surface area contributed by atoms with E-state index in [1.165, 1.54) is 12.8 Å². The summed E-state index contributed by atoms with van der Waals surface area (Å²) >= 11 is 0. The van der Waals surface area contributed by atoms with Crippen molar-refractivity contribution in [1.82, 2.24) is 0 Å². The Balaban J connectivity index is 2.13. The highest BCUT2D eigenvalue weighted by molar-refractivity contribution is 6.72. The Hall–Kier alpha value is -0.193. The van der Waals surface area contributed by atoms with Crippen molar-refractivity contribution >= 4 is 14.1 Å². The van der Waals surface area contributed by atoms with Crippen molar-refractivity contribution in [2.45, 2.75) is 57.5 Å². The van der Waals surface area contributed by atoms with Crippen molar-refractivity contribution in [3.8, 4) is 0 Å². The first-order valence-corrected chi connectivity index (χ1v) is 9.62. The molecule has 1 saturated carbocycles. The van der Waals surface area contributed by atoms with Crippen LogP contribution in [0.1, 0.15) is 44.9 Å². The SMILES string of the molecule is CO[Si](C)(CO)CCCCC(=O)C1CCCC1. The van der Waals surface area contributed by atoms with Gasteiger partial charge in [-0.2, -0.15) is 0 Å². The van der Waals surface area contributed by atoms with Crippen LogP contribution in [0, 0.1) is 5.92 Å². The molecule has 1 rings (SSSR count). The fraction of sp³-hybridized carbons (Fsp3) is 0.923. The number of carbonyl (C=O) groups excluding carboxylic acids is 1. The van der Waals surface area contributed by atoms with E-state index in [0.717, 1.165) is 38.1 Å². The summed E-state index contributed by atoms with van der Waals surface area (Å²) in [6, 6.07) is 0.956. The molecule has 0 radical (unpaired) electrons. The Kier molecular flexibility index (Phi) is 6.37. The molecule has 0 saturated heterocycles. The van der Waals surface area contributed by atoms with Gasteiger partial charge in [0.15, 0.2) is 0 Å². The highest BCUT2D eigenvalue weighted by Crippen LogP contribution is 2.27. The van der Waals surface area contributed by atoms with Gasteiger partial charge in [0.2, 0.25) is 8.32 Å². The van der Waals surface area contributed by atoms with Gasteiger partial charge < -0.3 is 9.53 Å². The van der Waals surface area contributed by atoms with Crippen LogP contribution in [0.4, 0.5) is 0 Å². The minimum Gasteiger partial charge on any atom is -0.418 e. The van der Waals surface area contributed by atoms with Crippen LogP contribution in [0.25, 0.3) is 0 Å². The molecule has 0 heterocycles. The van der Waals surface area contributed by atoms with E-state index in [9.17, 15) is 9.90 Å². The number of ketones is 1. The highest BCUT2D eigenvalue weighted by atomic mass is 28.4. The molecule has 1 N–H and O–H groups in total. The predicted molar refractivity (Wildman–Crippen MR) is 71.3 cm³/mol. The molecule has 100 valence electrons. The number of aliphatic hydroxyl groups is 1. The van der Waals surface area contributed by atoms with Gasteiger partial charge in [-0.1, -0.05) is 19.3 Å². The van der Waals surface area contributed by atoms with Crippen LogP contribution in [0.5, 0.6) is 0 Å². The number of aliphatic hydroxyl groups excluding tert-OH is 1. The topological polar surface area (TPSA) is 46.5 Å². The summed E-state index contributed by atoms with van der Waals surface area (Å²) < 4.78 is 5.40. The molecule has 0 aromatic rings. The van der Waals surface area contributed by atoms with Gasteiger partial charge in [0.1, 0.15) is 5.78 Å². The zero-order chi connectivity index (χ0) is 12.7. The second-order valence-electron chi connectivity index (χ2n) is 5.47. The van der Waals surface area contributed by atoms with Gasteiger partial charge in [-0.25, -0.2) is 0 Å². The molecule has 0 aromatic heterocycles. The number of hydrogen-bond acceptors (Lipinski definition) is 3. The lowest BCUT2D eigenvalue weighted by molar-refractivity contribution is -0.122. The number of carbonyl (C=O) groups is 1. The zero-order valence-corrected chi connectivity index (χ0v) is 12.2. The normalized spacial score (nSPS) is 20.4. The molecule has 3 nitrogen and oxygen atoms in total. The van der Waals surface area contributed by atoms with Gasteiger partial charge >= 0.3 is 0 Å². The molecule has 0 spiro atoms. The van der Waals surface area contributed by atoms with E-state index < -0.39 is 8.32 Å². The third-order valence-corrected chi connectivity index (χ3v) is 7.08. The molecular formula is C13H26O3Si. The average Bonchev–Trinajstić information content (AvgIpc) is 2.88. The lowest BCUT2D eigenvalue weighted by atomic mass is 9.98. The quantitative estimate of drug-likeness (QED) is 0.538. The van der Waals surface area contributed by atoms with Crippen molar-refractivity contribution in [2.75, 3.05) is 13.3 Å². The monoisotopic (exact) mass is 258 g/mol. The molecule has 0 bridgehead atoms. The lowest BCUT2D eigenvalue weighted by Crippen LogP contribution is -2.38. The van der Waals surface area contributed by atoms with Gasteiger partial charge in [0, 0.05) is 19.4 Å². The largest absolute Gasteiger partial charge is 0.418 e. The van der Waals surface area contributed by atoms with Crippen LogP contribution in [-0.2, 0) is 9.22 Å². The maximum Gasteiger partial charge on any atom is 0.214 e. The maximum atomic E-state index is 11.8. The van der Waals surface area contributed by atoms with Gasteiger partial charge in [0.05, 0.1) is 6.23 Å². The van der Waals surface area contributed by atoms with Crippen LogP contribution in [0.15, 0.2) is 0 Å². The summed E-state index contributed by atoms with van der Waals surface area (Å²) in [5.41, 5.74) is 0. The molecule has 1 fully saturated rings. The second-order valence-corrected chi connectivity index (χ2v) is 9.59. The van der Waals surface area contributed by atoms with Crippen molar-refractivity contribution in [2.24, 2.45) is 5.92 Å². The average molecular weight is 258 g/mol. The fourth-order valence-electron chi connectivity index (χ4n) is 2.50. The predicted octanol–water partition coefficient (Wildman–Crippen LogP) is 2.67. The Morgan fingerprint density at radius 3 is 2.53 bits per heavy atom. The third-order valence-electron chi connectivity index (χ3n) is 4.02. The molecule has 17 heavy (non-hydrogen) atoms. The lowest BCUT2D eigenvalue weighted by Gasteiger charge is -2.22. The second kappa shape index (κ2) is 7.29. The molecular weight excluding hydrogens is 232 g/mol. The Bertz CT molecular complexity index is 233. The van der Waals surface area contributed by atoms with Crippen LogP contribution in [0.3, 0.4) is 0 Å². The summed E-state index contributed by atoms with van der Waals surface area (Å²) in [7, 11) is -0.170. The van der Waals surface area contributed by atoms with Crippen molar-refractivity contribution in [1.29, 1.82) is 0 Å². The summed E-state index contributed by atoms with van der Waals surface area (Å²) in [5, 5.41) is 9.24. The maximum absolute atomic E-state index is 11.8. The van der Waals surface area contributed by atoms with Gasteiger partial charge in [-0.3, -0.25) is 4.79 Å². The minimum absolute atomic E-state index is 0.181. The number of hydrogen-bond donors (Lipinski definition) is 1. The molecule has 1 aliphatic rings. The van der Waals surface area contributed by atoms with Crippen molar-refractivity contribution < 1.29 is 14.3 Å². The van der Waals surface area contributed by atoms with E-state index in [0.29, 0.717) is 11.7 Å². The summed E-state index contributed by atoms with van der Waals surface area (Å²) in [4.78, 5) is 11.8. The Morgan fingerprint density at radius 2 is 2.00 bits per heavy atom. The molecule has 0 aromatic carbocycles. The molecule has 1 aliphatic carbocycles. The summed E-state index contributed by atoms with van der Waals surface area (Å²) in [6.45, 7) is 2.05. The highest BCUT2D eigenvalue weighted by Gasteiger charge is 2.26. The fourth-order valence-corrected chi connectivity index (χ4v) is 3.98. The van der Waals surface area contributed by atoms with E-state index in [2.05, 4.69) is 0 Å². The Labute approximate surface area is 106 Å². The molecule has 0 aliphatic heterocycles. The van der Waals surface area contributed by atoms with Crippen molar-refractivity contribution in [3.05, 3.63) is 0 Å². The Morgan fingerprint density at radius 1 is 1.35 bits per heavy atom. The first kappa shape index (κ1) is 14.9. The summed E-state index contributed by atoms with van der Waals surface area (Å²) in [6.07, 6.45) is 7.56. The minimum atomic E-state index is -1.86. The van der Waals surface area contributed by atoms with Crippen LogP contribution >= 0.6 is 0 Å². The van der Waals surface area contributed by atoms with Crippen LogP contribution in [-0.4, -0.2) is 32.5 Å². The molecule has 1 unspecified atom stereocenters. The van der Waals surface area contributed by atoms with Crippen LogP contribution < -0.4 is 0 Å². The van der Waals surface area contributed by atoms with Gasteiger partial charge in [-0.15, -0.1) is 0 Å². The van der Waals surface area contributed by atoms with Crippen LogP contribution in [0.2, 0.25) is 12.6 Å². The van der Waals surface area contributed by atoms with Gasteiger partial charge in [0.25, 0.3) is 0 Å². The molecule has 1 atom stereocenters. The molecule has 4 heteroatoms. The number of rotatable bonds is 8. The van der Waals surface area contributed by atoms with E-state index in [4.69, 9.17) is 4.43 Å². The van der Waals surface area contributed by atoms with E-state index in [1.54, 1.807) is 7.11 Å². The van der Waals surface area contributed by atoms with E-state index >= 15 is 0 Å². The summed E-state index contributed by atoms with van der Waals surface area (Å²) in [5.74, 6) is 0.825. The zero-order valence-electron chi connectivity index (χ0n) is 11.2. The molecule has 0 amide bonds. The van der Waals surface area contributed by atoms with E-state index in [1.807, 2.05) is 6.55 Å².